The average molecular weight is 265 g/mol. The predicted octanol–water partition coefficient (Wildman–Crippen LogP) is 1.46. The second kappa shape index (κ2) is 5.03. The van der Waals surface area contributed by atoms with Gasteiger partial charge in [-0.15, -0.1) is 0 Å². The second-order valence-electron chi connectivity index (χ2n) is 5.24. The number of nitrogens with zero attached hydrogens (tertiary/aromatic N) is 3. The molecule has 2 rings (SSSR count). The van der Waals surface area contributed by atoms with E-state index in [1.54, 1.807) is 4.68 Å². The Labute approximate surface area is 112 Å². The molecule has 1 amide bonds. The van der Waals surface area contributed by atoms with Gasteiger partial charge in [0.05, 0.1) is 11.8 Å². The Morgan fingerprint density at radius 3 is 2.58 bits per heavy atom. The van der Waals surface area contributed by atoms with Gasteiger partial charge >= 0.3 is 5.97 Å². The number of aromatic nitrogens is 2. The van der Waals surface area contributed by atoms with Crippen molar-refractivity contribution >= 4 is 11.9 Å². The van der Waals surface area contributed by atoms with E-state index >= 15 is 0 Å². The first kappa shape index (κ1) is 13.6. The Morgan fingerprint density at radius 1 is 1.53 bits per heavy atom. The van der Waals surface area contributed by atoms with Gasteiger partial charge < -0.3 is 10.0 Å². The van der Waals surface area contributed by atoms with Crippen molar-refractivity contribution in [3.63, 3.8) is 0 Å². The molecule has 0 aromatic carbocycles. The van der Waals surface area contributed by atoms with E-state index in [0.29, 0.717) is 5.56 Å². The van der Waals surface area contributed by atoms with Crippen molar-refractivity contribution in [3.05, 3.63) is 17.5 Å². The summed E-state index contributed by atoms with van der Waals surface area (Å²) in [6, 6.07) is 0.251. The number of rotatable bonds is 5. The van der Waals surface area contributed by atoms with E-state index < -0.39 is 5.97 Å². The molecule has 0 atom stereocenters. The first-order chi connectivity index (χ1) is 8.91. The molecule has 0 saturated heterocycles. The number of carboxylic acids is 1. The van der Waals surface area contributed by atoms with Crippen LogP contribution in [0.2, 0.25) is 0 Å². The van der Waals surface area contributed by atoms with Crippen LogP contribution in [0.3, 0.4) is 0 Å². The fourth-order valence-corrected chi connectivity index (χ4v) is 2.21. The third kappa shape index (κ3) is 2.77. The molecule has 0 aliphatic heterocycles. The molecular formula is C13H19N3O3. The first-order valence-electron chi connectivity index (χ1n) is 6.48. The molecule has 104 valence electrons. The Balaban J connectivity index is 2.24. The Kier molecular flexibility index (Phi) is 3.59. The molecule has 1 saturated carbocycles. The van der Waals surface area contributed by atoms with Gasteiger partial charge in [-0.2, -0.15) is 5.10 Å². The highest BCUT2D eigenvalue weighted by Crippen LogP contribution is 2.28. The third-order valence-electron chi connectivity index (χ3n) is 3.32. The highest BCUT2D eigenvalue weighted by atomic mass is 16.4. The van der Waals surface area contributed by atoms with Gasteiger partial charge in [0.2, 0.25) is 0 Å². The van der Waals surface area contributed by atoms with Gasteiger partial charge in [0.25, 0.3) is 5.91 Å². The number of hydrogen-bond donors (Lipinski definition) is 1. The zero-order chi connectivity index (χ0) is 14.2. The minimum Gasteiger partial charge on any atom is -0.480 e. The quantitative estimate of drug-likeness (QED) is 0.874. The first-order valence-corrected chi connectivity index (χ1v) is 6.48. The molecule has 0 radical (unpaired) electrons. The van der Waals surface area contributed by atoms with Gasteiger partial charge in [0.15, 0.2) is 0 Å². The lowest BCUT2D eigenvalue weighted by molar-refractivity contribution is -0.137. The normalized spacial score (nSPS) is 14.7. The highest BCUT2D eigenvalue weighted by Gasteiger charge is 2.35. The van der Waals surface area contributed by atoms with Crippen molar-refractivity contribution in [1.82, 2.24) is 14.7 Å². The van der Waals surface area contributed by atoms with Gasteiger partial charge in [-0.3, -0.25) is 14.3 Å². The summed E-state index contributed by atoms with van der Waals surface area (Å²) >= 11 is 0. The lowest BCUT2D eigenvalue weighted by Crippen LogP contribution is -2.37. The summed E-state index contributed by atoms with van der Waals surface area (Å²) in [5, 5.41) is 13.1. The number of hydrogen-bond acceptors (Lipinski definition) is 3. The van der Waals surface area contributed by atoms with Crippen LogP contribution < -0.4 is 0 Å². The smallest absolute Gasteiger partial charge is 0.323 e. The number of carbonyl (C=O) groups excluding carboxylic acids is 1. The Morgan fingerprint density at radius 2 is 2.16 bits per heavy atom. The van der Waals surface area contributed by atoms with Gasteiger partial charge in [-0.1, -0.05) is 0 Å². The van der Waals surface area contributed by atoms with Crippen LogP contribution in [0.15, 0.2) is 6.20 Å². The summed E-state index contributed by atoms with van der Waals surface area (Å²) in [6.07, 6.45) is 3.31. The van der Waals surface area contributed by atoms with Crippen LogP contribution in [-0.4, -0.2) is 44.3 Å². The van der Waals surface area contributed by atoms with E-state index in [2.05, 4.69) is 5.10 Å². The van der Waals surface area contributed by atoms with Crippen LogP contribution >= 0.6 is 0 Å². The maximum atomic E-state index is 12.4. The lowest BCUT2D eigenvalue weighted by atomic mass is 10.2. The lowest BCUT2D eigenvalue weighted by Gasteiger charge is -2.20. The van der Waals surface area contributed by atoms with E-state index in [0.717, 1.165) is 18.5 Å². The zero-order valence-corrected chi connectivity index (χ0v) is 11.5. The van der Waals surface area contributed by atoms with Crippen molar-refractivity contribution in [2.75, 3.05) is 6.54 Å². The minimum absolute atomic E-state index is 0.0744. The summed E-state index contributed by atoms with van der Waals surface area (Å²) in [5.74, 6) is -1.21. The summed E-state index contributed by atoms with van der Waals surface area (Å²) < 4.78 is 1.78. The van der Waals surface area contributed by atoms with Crippen LogP contribution in [0.4, 0.5) is 0 Å². The second-order valence-corrected chi connectivity index (χ2v) is 5.24. The van der Waals surface area contributed by atoms with Gasteiger partial charge in [0, 0.05) is 17.8 Å². The van der Waals surface area contributed by atoms with E-state index in [-0.39, 0.29) is 24.5 Å². The molecule has 6 heteroatoms. The molecule has 0 bridgehead atoms. The van der Waals surface area contributed by atoms with Gasteiger partial charge in [-0.05, 0) is 33.6 Å². The van der Waals surface area contributed by atoms with Crippen LogP contribution in [0.1, 0.15) is 48.8 Å². The van der Waals surface area contributed by atoms with Crippen molar-refractivity contribution in [3.8, 4) is 0 Å². The number of aliphatic carboxylic acids is 1. The van der Waals surface area contributed by atoms with E-state index in [1.807, 2.05) is 20.8 Å². The van der Waals surface area contributed by atoms with Crippen LogP contribution in [0, 0.1) is 6.92 Å². The van der Waals surface area contributed by atoms with E-state index in [4.69, 9.17) is 5.11 Å². The highest BCUT2D eigenvalue weighted by molar-refractivity contribution is 5.97. The minimum atomic E-state index is -0.978. The summed E-state index contributed by atoms with van der Waals surface area (Å²) in [6.45, 7) is 5.58. The molecule has 6 nitrogen and oxygen atoms in total. The van der Waals surface area contributed by atoms with E-state index in [9.17, 15) is 9.59 Å². The SMILES string of the molecule is Cc1c(C(=O)N(CC(=O)O)C2CC2)cnn1C(C)C. The predicted molar refractivity (Wildman–Crippen MR) is 69.0 cm³/mol. The fraction of sp³-hybridized carbons (Fsp3) is 0.615. The largest absolute Gasteiger partial charge is 0.480 e. The molecule has 1 aliphatic carbocycles. The molecular weight excluding hydrogens is 246 g/mol. The maximum absolute atomic E-state index is 12.4. The van der Waals surface area contributed by atoms with Crippen molar-refractivity contribution in [2.24, 2.45) is 0 Å². The topological polar surface area (TPSA) is 75.4 Å². The number of carbonyl (C=O) groups is 2. The van der Waals surface area contributed by atoms with Crippen LogP contribution in [0.5, 0.6) is 0 Å². The molecule has 1 aromatic rings. The summed E-state index contributed by atoms with van der Waals surface area (Å²) in [7, 11) is 0. The number of amides is 1. The molecule has 1 fully saturated rings. The Bertz CT molecular complexity index is 503. The fourth-order valence-electron chi connectivity index (χ4n) is 2.21. The monoisotopic (exact) mass is 265 g/mol. The van der Waals surface area contributed by atoms with Gasteiger partial charge in [0.1, 0.15) is 6.54 Å². The van der Waals surface area contributed by atoms with Crippen LogP contribution in [0.25, 0.3) is 0 Å². The van der Waals surface area contributed by atoms with Crippen molar-refractivity contribution in [2.45, 2.75) is 45.7 Å². The van der Waals surface area contributed by atoms with Gasteiger partial charge in [-0.25, -0.2) is 0 Å². The summed E-state index contributed by atoms with van der Waals surface area (Å²) in [5.41, 5.74) is 1.29. The van der Waals surface area contributed by atoms with E-state index in [1.165, 1.54) is 11.1 Å². The molecule has 0 spiro atoms. The standard InChI is InChI=1S/C13H19N3O3/c1-8(2)16-9(3)11(6-14-16)13(19)15(7-12(17)18)10-4-5-10/h6,8,10H,4-5,7H2,1-3H3,(H,17,18). The maximum Gasteiger partial charge on any atom is 0.323 e. The molecule has 0 unspecified atom stereocenters. The molecule has 1 aliphatic rings. The third-order valence-corrected chi connectivity index (χ3v) is 3.32. The van der Waals surface area contributed by atoms with Crippen molar-refractivity contribution in [1.29, 1.82) is 0 Å². The number of carboxylic acid groups (broad SMARTS) is 1. The molecule has 19 heavy (non-hydrogen) atoms. The molecule has 1 N–H and O–H groups in total. The summed E-state index contributed by atoms with van der Waals surface area (Å²) in [4.78, 5) is 24.7. The molecule has 1 heterocycles. The van der Waals surface area contributed by atoms with Crippen LogP contribution in [-0.2, 0) is 4.79 Å². The molecule has 1 aromatic heterocycles. The Hall–Kier alpha value is -1.85. The average Bonchev–Trinajstić information content (AvgIpc) is 3.08. The zero-order valence-electron chi connectivity index (χ0n) is 11.5. The van der Waals surface area contributed by atoms with Crippen molar-refractivity contribution < 1.29 is 14.7 Å².